The molecular weight excluding hydrogens is 422 g/mol. The van der Waals surface area contributed by atoms with E-state index in [1.54, 1.807) is 13.0 Å². The summed E-state index contributed by atoms with van der Waals surface area (Å²) in [5.41, 5.74) is 0. The van der Waals surface area contributed by atoms with Gasteiger partial charge in [0.1, 0.15) is 0 Å². The standard InChI is InChI=1S/C30H59NO3/c1-3-5-6-7-8-9-10-11-12-13-14-15-16-17-18-19-20-21-22-23-24-25-26-29(33)28(27-32)31-30(34)4-2/h25-26,28-29,32-33H,3-24,27H2,1-2H3,(H,31,34)/b26-25+. The fourth-order valence-corrected chi connectivity index (χ4v) is 4.44. The summed E-state index contributed by atoms with van der Waals surface area (Å²) in [7, 11) is 0. The van der Waals surface area contributed by atoms with E-state index >= 15 is 0 Å². The number of aliphatic hydroxyl groups is 2. The van der Waals surface area contributed by atoms with Crippen LogP contribution < -0.4 is 5.32 Å². The second kappa shape index (κ2) is 26.7. The van der Waals surface area contributed by atoms with Crippen molar-refractivity contribution in [3.63, 3.8) is 0 Å². The number of aliphatic hydroxyl groups excluding tert-OH is 2. The first-order valence-corrected chi connectivity index (χ1v) is 14.9. The third-order valence-corrected chi connectivity index (χ3v) is 6.83. The van der Waals surface area contributed by atoms with Crippen LogP contribution in [0, 0.1) is 0 Å². The molecule has 2 unspecified atom stereocenters. The van der Waals surface area contributed by atoms with Crippen LogP contribution in [0.1, 0.15) is 155 Å². The number of carbonyl (C=O) groups excluding carboxylic acids is 1. The lowest BCUT2D eigenvalue weighted by Gasteiger charge is -2.19. The Hall–Kier alpha value is -0.870. The number of hydrogen-bond acceptors (Lipinski definition) is 3. The van der Waals surface area contributed by atoms with Crippen LogP contribution >= 0.6 is 0 Å². The Morgan fingerprint density at radius 3 is 1.41 bits per heavy atom. The van der Waals surface area contributed by atoms with Gasteiger partial charge in [0, 0.05) is 6.42 Å². The number of nitrogens with one attached hydrogen (secondary N) is 1. The molecule has 2 atom stereocenters. The van der Waals surface area contributed by atoms with Crippen LogP contribution in [0.2, 0.25) is 0 Å². The van der Waals surface area contributed by atoms with Gasteiger partial charge >= 0.3 is 0 Å². The number of carbonyl (C=O) groups is 1. The zero-order chi connectivity index (χ0) is 25.1. The quantitative estimate of drug-likeness (QED) is 0.0865. The van der Waals surface area contributed by atoms with Gasteiger partial charge in [0.15, 0.2) is 0 Å². The van der Waals surface area contributed by atoms with Crippen molar-refractivity contribution in [3.8, 4) is 0 Å². The van der Waals surface area contributed by atoms with Crippen LogP contribution in [0.25, 0.3) is 0 Å². The van der Waals surface area contributed by atoms with E-state index in [-0.39, 0.29) is 12.5 Å². The fraction of sp³-hybridized carbons (Fsp3) is 0.900. The van der Waals surface area contributed by atoms with Gasteiger partial charge in [0.2, 0.25) is 5.91 Å². The van der Waals surface area contributed by atoms with Crippen LogP contribution in [0.3, 0.4) is 0 Å². The first-order valence-electron chi connectivity index (χ1n) is 14.9. The molecular formula is C30H59NO3. The maximum atomic E-state index is 11.4. The highest BCUT2D eigenvalue weighted by molar-refractivity contribution is 5.75. The van der Waals surface area contributed by atoms with E-state index in [1.807, 2.05) is 6.08 Å². The zero-order valence-corrected chi connectivity index (χ0v) is 22.9. The molecule has 3 N–H and O–H groups in total. The third kappa shape index (κ3) is 22.9. The van der Waals surface area contributed by atoms with Crippen LogP contribution in [-0.2, 0) is 4.79 Å². The first-order chi connectivity index (χ1) is 16.7. The molecule has 1 amide bonds. The predicted octanol–water partition coefficient (Wildman–Crippen LogP) is 8.00. The Bertz CT molecular complexity index is 452. The number of amides is 1. The Balaban J connectivity index is 3.32. The SMILES string of the molecule is CCCCCCCCCCCCCCCCCCCCCC/C=C/C(O)C(CO)NC(=O)CC. The second-order valence-electron chi connectivity index (χ2n) is 10.1. The molecule has 0 aromatic rings. The Labute approximate surface area is 212 Å². The molecule has 4 nitrogen and oxygen atoms in total. The summed E-state index contributed by atoms with van der Waals surface area (Å²) in [5.74, 6) is -0.152. The van der Waals surface area contributed by atoms with E-state index in [1.165, 1.54) is 122 Å². The average molecular weight is 482 g/mol. The lowest BCUT2D eigenvalue weighted by molar-refractivity contribution is -0.122. The predicted molar refractivity (Wildman–Crippen MR) is 147 cm³/mol. The summed E-state index contributed by atoms with van der Waals surface area (Å²) >= 11 is 0. The van der Waals surface area contributed by atoms with E-state index in [4.69, 9.17) is 0 Å². The zero-order valence-electron chi connectivity index (χ0n) is 22.9. The van der Waals surface area contributed by atoms with Gasteiger partial charge in [-0.05, 0) is 12.8 Å². The largest absolute Gasteiger partial charge is 0.394 e. The van der Waals surface area contributed by atoms with Crippen molar-refractivity contribution in [2.75, 3.05) is 6.61 Å². The maximum Gasteiger partial charge on any atom is 0.220 e. The molecule has 0 heterocycles. The van der Waals surface area contributed by atoms with Crippen LogP contribution in [-0.4, -0.2) is 34.9 Å². The molecule has 0 fully saturated rings. The number of unbranched alkanes of at least 4 members (excludes halogenated alkanes) is 20. The Kier molecular flexibility index (Phi) is 26.0. The lowest BCUT2D eigenvalue weighted by Crippen LogP contribution is -2.44. The number of hydrogen-bond donors (Lipinski definition) is 3. The molecule has 0 radical (unpaired) electrons. The average Bonchev–Trinajstić information content (AvgIpc) is 2.85. The minimum atomic E-state index is -0.828. The van der Waals surface area contributed by atoms with E-state index in [0.29, 0.717) is 6.42 Å². The van der Waals surface area contributed by atoms with Gasteiger partial charge < -0.3 is 15.5 Å². The first kappa shape index (κ1) is 33.1. The van der Waals surface area contributed by atoms with Crippen LogP contribution in [0.15, 0.2) is 12.2 Å². The smallest absolute Gasteiger partial charge is 0.220 e. The molecule has 202 valence electrons. The highest BCUT2D eigenvalue weighted by atomic mass is 16.3. The summed E-state index contributed by atoms with van der Waals surface area (Å²) in [6.45, 7) is 3.79. The highest BCUT2D eigenvalue weighted by Crippen LogP contribution is 2.15. The topological polar surface area (TPSA) is 69.6 Å². The number of rotatable bonds is 26. The lowest BCUT2D eigenvalue weighted by atomic mass is 10.0. The van der Waals surface area contributed by atoms with Crippen molar-refractivity contribution in [2.45, 2.75) is 167 Å². The molecule has 34 heavy (non-hydrogen) atoms. The summed E-state index contributed by atoms with van der Waals surface area (Å²) < 4.78 is 0. The normalized spacial score (nSPS) is 13.4. The van der Waals surface area contributed by atoms with Gasteiger partial charge in [0.05, 0.1) is 18.8 Å². The van der Waals surface area contributed by atoms with Crippen LogP contribution in [0.5, 0.6) is 0 Å². The van der Waals surface area contributed by atoms with Crippen molar-refractivity contribution >= 4 is 5.91 Å². The van der Waals surface area contributed by atoms with Gasteiger partial charge in [-0.15, -0.1) is 0 Å². The summed E-state index contributed by atoms with van der Waals surface area (Å²) in [4.78, 5) is 11.4. The summed E-state index contributed by atoms with van der Waals surface area (Å²) in [6, 6.07) is -0.612. The number of allylic oxidation sites excluding steroid dienone is 1. The summed E-state index contributed by atoms with van der Waals surface area (Å²) in [5, 5.41) is 22.0. The molecule has 0 rings (SSSR count). The minimum absolute atomic E-state index is 0.152. The van der Waals surface area contributed by atoms with Crippen molar-refractivity contribution in [1.82, 2.24) is 5.32 Å². The van der Waals surface area contributed by atoms with Crippen molar-refractivity contribution in [1.29, 1.82) is 0 Å². The molecule has 0 bridgehead atoms. The Morgan fingerprint density at radius 1 is 0.676 bits per heavy atom. The monoisotopic (exact) mass is 481 g/mol. The molecule has 0 aromatic heterocycles. The van der Waals surface area contributed by atoms with Crippen molar-refractivity contribution < 1.29 is 15.0 Å². The third-order valence-electron chi connectivity index (χ3n) is 6.83. The molecule has 0 saturated heterocycles. The molecule has 0 saturated carbocycles. The van der Waals surface area contributed by atoms with E-state index < -0.39 is 12.1 Å². The highest BCUT2D eigenvalue weighted by Gasteiger charge is 2.17. The van der Waals surface area contributed by atoms with Gasteiger partial charge in [-0.2, -0.15) is 0 Å². The fourth-order valence-electron chi connectivity index (χ4n) is 4.44. The molecule has 0 spiro atoms. The Morgan fingerprint density at radius 2 is 1.06 bits per heavy atom. The summed E-state index contributed by atoms with van der Waals surface area (Å²) in [6.07, 6.45) is 31.9. The molecule has 0 aromatic carbocycles. The minimum Gasteiger partial charge on any atom is -0.394 e. The molecule has 0 aliphatic carbocycles. The molecule has 0 aliphatic rings. The van der Waals surface area contributed by atoms with E-state index in [2.05, 4.69) is 12.2 Å². The van der Waals surface area contributed by atoms with Gasteiger partial charge in [0.25, 0.3) is 0 Å². The van der Waals surface area contributed by atoms with E-state index in [0.717, 1.165) is 12.8 Å². The van der Waals surface area contributed by atoms with Crippen molar-refractivity contribution in [3.05, 3.63) is 12.2 Å². The van der Waals surface area contributed by atoms with Gasteiger partial charge in [-0.3, -0.25) is 4.79 Å². The molecule has 0 aliphatic heterocycles. The van der Waals surface area contributed by atoms with E-state index in [9.17, 15) is 15.0 Å². The second-order valence-corrected chi connectivity index (χ2v) is 10.1. The van der Waals surface area contributed by atoms with Crippen molar-refractivity contribution in [2.24, 2.45) is 0 Å². The van der Waals surface area contributed by atoms with Gasteiger partial charge in [-0.1, -0.05) is 148 Å². The van der Waals surface area contributed by atoms with Gasteiger partial charge in [-0.25, -0.2) is 0 Å². The maximum absolute atomic E-state index is 11.4. The molecule has 4 heteroatoms. The van der Waals surface area contributed by atoms with Crippen LogP contribution in [0.4, 0.5) is 0 Å².